The fourth-order valence-corrected chi connectivity index (χ4v) is 3.45. The molecule has 0 bridgehead atoms. The van der Waals surface area contributed by atoms with E-state index in [-0.39, 0.29) is 0 Å². The van der Waals surface area contributed by atoms with Gasteiger partial charge in [0.25, 0.3) is 0 Å². The molecule has 0 amide bonds. The van der Waals surface area contributed by atoms with Crippen LogP contribution in [-0.4, -0.2) is 36.8 Å². The first-order valence-electron chi connectivity index (χ1n) is 7.89. The second-order valence-electron chi connectivity index (χ2n) is 5.86. The number of thiazole rings is 1. The molecule has 2 fully saturated rings. The molecular formula is C15H25N3OS. The van der Waals surface area contributed by atoms with Crippen LogP contribution in [0.3, 0.4) is 0 Å². The van der Waals surface area contributed by atoms with Crippen LogP contribution in [-0.2, 0) is 11.3 Å². The third-order valence-electron chi connectivity index (χ3n) is 3.90. The summed E-state index contributed by atoms with van der Waals surface area (Å²) in [6.07, 6.45) is 6.56. The number of anilines is 1. The number of rotatable bonds is 7. The van der Waals surface area contributed by atoms with E-state index in [1.807, 2.05) is 0 Å². The van der Waals surface area contributed by atoms with E-state index in [9.17, 15) is 0 Å². The van der Waals surface area contributed by atoms with Crippen molar-refractivity contribution in [1.82, 2.24) is 10.3 Å². The molecular weight excluding hydrogens is 270 g/mol. The zero-order valence-electron chi connectivity index (χ0n) is 12.3. The molecule has 20 heavy (non-hydrogen) atoms. The minimum atomic E-state index is 0.389. The fourth-order valence-electron chi connectivity index (χ4n) is 2.59. The lowest BCUT2D eigenvalue weighted by molar-refractivity contribution is 0.0440. The second kappa shape index (κ2) is 6.87. The Morgan fingerprint density at radius 1 is 1.45 bits per heavy atom. The van der Waals surface area contributed by atoms with Crippen LogP contribution in [0.4, 0.5) is 5.13 Å². The number of aromatic nitrogens is 1. The van der Waals surface area contributed by atoms with E-state index < -0.39 is 0 Å². The standard InChI is InChI=1S/C15H25N3OS/c1-2-8-19-14-4-3-7-18(10-14)15-17-13(11-20-15)9-16-12-5-6-12/h11-12,14,16H,2-10H2,1H3. The Morgan fingerprint density at radius 3 is 3.15 bits per heavy atom. The minimum Gasteiger partial charge on any atom is -0.376 e. The van der Waals surface area contributed by atoms with Gasteiger partial charge >= 0.3 is 0 Å². The summed E-state index contributed by atoms with van der Waals surface area (Å²) in [5.41, 5.74) is 1.19. The Kier molecular flexibility index (Phi) is 4.91. The molecule has 3 rings (SSSR count). The maximum absolute atomic E-state index is 5.90. The lowest BCUT2D eigenvalue weighted by Crippen LogP contribution is -2.39. The van der Waals surface area contributed by atoms with Gasteiger partial charge in [-0.25, -0.2) is 4.98 Å². The molecule has 1 aromatic rings. The van der Waals surface area contributed by atoms with E-state index in [0.29, 0.717) is 6.10 Å². The average molecular weight is 295 g/mol. The van der Waals surface area contributed by atoms with E-state index in [2.05, 4.69) is 22.5 Å². The van der Waals surface area contributed by atoms with Crippen LogP contribution in [0.5, 0.6) is 0 Å². The van der Waals surface area contributed by atoms with Crippen LogP contribution in [0.15, 0.2) is 5.38 Å². The summed E-state index contributed by atoms with van der Waals surface area (Å²) < 4.78 is 5.90. The van der Waals surface area contributed by atoms with Crippen LogP contribution in [0.1, 0.15) is 44.7 Å². The summed E-state index contributed by atoms with van der Waals surface area (Å²) in [5, 5.41) is 6.89. The van der Waals surface area contributed by atoms with Crippen LogP contribution in [0.25, 0.3) is 0 Å². The van der Waals surface area contributed by atoms with E-state index in [0.717, 1.165) is 38.7 Å². The van der Waals surface area contributed by atoms with Crippen molar-refractivity contribution in [1.29, 1.82) is 0 Å². The van der Waals surface area contributed by atoms with Crippen LogP contribution in [0.2, 0.25) is 0 Å². The van der Waals surface area contributed by atoms with Crippen molar-refractivity contribution in [2.45, 2.75) is 57.7 Å². The van der Waals surface area contributed by atoms with E-state index >= 15 is 0 Å². The highest BCUT2D eigenvalue weighted by molar-refractivity contribution is 7.13. The van der Waals surface area contributed by atoms with Crippen molar-refractivity contribution in [2.24, 2.45) is 0 Å². The van der Waals surface area contributed by atoms with Gasteiger partial charge in [-0.2, -0.15) is 0 Å². The average Bonchev–Trinajstić information content (AvgIpc) is 3.20. The van der Waals surface area contributed by atoms with Gasteiger partial charge in [0.2, 0.25) is 0 Å². The van der Waals surface area contributed by atoms with Gasteiger partial charge in [-0.3, -0.25) is 0 Å². The molecule has 112 valence electrons. The van der Waals surface area contributed by atoms with Gasteiger partial charge in [0.05, 0.1) is 11.8 Å². The van der Waals surface area contributed by atoms with Crippen molar-refractivity contribution in [3.05, 3.63) is 11.1 Å². The van der Waals surface area contributed by atoms with Crippen molar-refractivity contribution in [3.8, 4) is 0 Å². The van der Waals surface area contributed by atoms with Gasteiger partial charge in [0.1, 0.15) is 0 Å². The SMILES string of the molecule is CCCOC1CCCN(c2nc(CNC3CC3)cs2)C1. The monoisotopic (exact) mass is 295 g/mol. The number of hydrogen-bond acceptors (Lipinski definition) is 5. The summed E-state index contributed by atoms with van der Waals surface area (Å²) >= 11 is 1.77. The molecule has 0 spiro atoms. The van der Waals surface area contributed by atoms with Gasteiger partial charge in [-0.1, -0.05) is 6.92 Å². The summed E-state index contributed by atoms with van der Waals surface area (Å²) in [4.78, 5) is 7.17. The topological polar surface area (TPSA) is 37.4 Å². The molecule has 1 saturated heterocycles. The maximum Gasteiger partial charge on any atom is 0.185 e. The molecule has 1 aromatic heterocycles. The predicted octanol–water partition coefficient (Wildman–Crippen LogP) is 2.79. The Bertz CT molecular complexity index is 419. The largest absolute Gasteiger partial charge is 0.376 e. The molecule has 1 saturated carbocycles. The zero-order chi connectivity index (χ0) is 13.8. The Labute approximate surface area is 125 Å². The van der Waals surface area contributed by atoms with Gasteiger partial charge in [-0.05, 0) is 32.1 Å². The number of nitrogens with one attached hydrogen (secondary N) is 1. The first kappa shape index (κ1) is 14.3. The van der Waals surface area contributed by atoms with Gasteiger partial charge in [-0.15, -0.1) is 11.3 Å². The number of ether oxygens (including phenoxy) is 1. The van der Waals surface area contributed by atoms with Crippen molar-refractivity contribution < 1.29 is 4.74 Å². The lowest BCUT2D eigenvalue weighted by Gasteiger charge is -2.32. The summed E-state index contributed by atoms with van der Waals surface area (Å²) in [5.74, 6) is 0. The second-order valence-corrected chi connectivity index (χ2v) is 6.69. The van der Waals surface area contributed by atoms with Crippen molar-refractivity contribution in [2.75, 3.05) is 24.6 Å². The molecule has 1 atom stereocenters. The summed E-state index contributed by atoms with van der Waals surface area (Å²) in [6.45, 7) is 6.09. The smallest absolute Gasteiger partial charge is 0.185 e. The first-order valence-corrected chi connectivity index (χ1v) is 8.77. The Hall–Kier alpha value is -0.650. The summed E-state index contributed by atoms with van der Waals surface area (Å²) in [7, 11) is 0. The van der Waals surface area contributed by atoms with Crippen molar-refractivity contribution in [3.63, 3.8) is 0 Å². The van der Waals surface area contributed by atoms with E-state index in [1.54, 1.807) is 11.3 Å². The van der Waals surface area contributed by atoms with Crippen LogP contribution >= 0.6 is 11.3 Å². The number of piperidine rings is 1. The molecule has 1 aliphatic carbocycles. The first-order chi connectivity index (χ1) is 9.85. The highest BCUT2D eigenvalue weighted by Crippen LogP contribution is 2.26. The molecule has 0 aromatic carbocycles. The van der Waals surface area contributed by atoms with E-state index in [1.165, 1.54) is 36.5 Å². The normalized spacial score (nSPS) is 23.2. The third-order valence-corrected chi connectivity index (χ3v) is 4.85. The third kappa shape index (κ3) is 3.93. The molecule has 5 heteroatoms. The molecule has 1 N–H and O–H groups in total. The van der Waals surface area contributed by atoms with Gasteiger partial charge in [0.15, 0.2) is 5.13 Å². The van der Waals surface area contributed by atoms with Crippen LogP contribution in [0, 0.1) is 0 Å². The molecule has 2 heterocycles. The van der Waals surface area contributed by atoms with Gasteiger partial charge < -0.3 is 15.0 Å². The number of nitrogens with zero attached hydrogens (tertiary/aromatic N) is 2. The highest BCUT2D eigenvalue weighted by atomic mass is 32.1. The zero-order valence-corrected chi connectivity index (χ0v) is 13.1. The van der Waals surface area contributed by atoms with Crippen molar-refractivity contribution >= 4 is 16.5 Å². The molecule has 0 radical (unpaired) electrons. The maximum atomic E-state index is 5.90. The lowest BCUT2D eigenvalue weighted by atomic mass is 10.1. The number of hydrogen-bond donors (Lipinski definition) is 1. The molecule has 2 aliphatic rings. The quantitative estimate of drug-likeness (QED) is 0.839. The summed E-state index contributed by atoms with van der Waals surface area (Å²) in [6, 6.07) is 0.752. The molecule has 1 unspecified atom stereocenters. The van der Waals surface area contributed by atoms with Gasteiger partial charge in [0, 0.05) is 37.7 Å². The fraction of sp³-hybridized carbons (Fsp3) is 0.800. The predicted molar refractivity (Wildman–Crippen MR) is 83.5 cm³/mol. The highest BCUT2D eigenvalue weighted by Gasteiger charge is 2.23. The molecule has 4 nitrogen and oxygen atoms in total. The Morgan fingerprint density at radius 2 is 2.35 bits per heavy atom. The van der Waals surface area contributed by atoms with E-state index in [4.69, 9.17) is 9.72 Å². The Balaban J connectivity index is 1.51. The van der Waals surface area contributed by atoms with Crippen LogP contribution < -0.4 is 10.2 Å². The molecule has 1 aliphatic heterocycles. The minimum absolute atomic E-state index is 0.389.